The molecule has 0 heterocycles. The van der Waals surface area contributed by atoms with E-state index in [0.717, 1.165) is 47.3 Å². The zero-order chi connectivity index (χ0) is 13.4. The lowest BCUT2D eigenvalue weighted by molar-refractivity contribution is -0.0191. The van der Waals surface area contributed by atoms with Crippen LogP contribution in [0.15, 0.2) is 0 Å². The number of hydrogen-bond donors (Lipinski definition) is 0. The molecule has 0 spiro atoms. The summed E-state index contributed by atoms with van der Waals surface area (Å²) in [4.78, 5) is 0. The fraction of sp³-hybridized carbons (Fsp3) is 1.00. The van der Waals surface area contributed by atoms with E-state index < -0.39 is 0 Å². The largest absolute Gasteiger partial charge is 0.0622 e. The second-order valence-corrected chi connectivity index (χ2v) is 7.94. The molecule has 2 aliphatic carbocycles. The summed E-state index contributed by atoms with van der Waals surface area (Å²) in [7, 11) is 0. The van der Waals surface area contributed by atoms with Gasteiger partial charge in [-0.05, 0) is 47.3 Å². The van der Waals surface area contributed by atoms with Gasteiger partial charge in [-0.1, -0.05) is 67.2 Å². The minimum absolute atomic E-state index is 0.939. The molecule has 8 atom stereocenters. The van der Waals surface area contributed by atoms with Crippen LogP contribution in [0, 0.1) is 47.3 Å². The molecule has 18 heavy (non-hydrogen) atoms. The van der Waals surface area contributed by atoms with Crippen molar-refractivity contribution in [2.75, 3.05) is 0 Å². The summed E-state index contributed by atoms with van der Waals surface area (Å²) < 4.78 is 0. The van der Waals surface area contributed by atoms with E-state index in [4.69, 9.17) is 0 Å². The summed E-state index contributed by atoms with van der Waals surface area (Å²) in [6.45, 7) is 15.1. The first-order valence-corrected chi connectivity index (χ1v) is 8.43. The van der Waals surface area contributed by atoms with Crippen molar-refractivity contribution in [2.45, 2.75) is 67.2 Å². The Labute approximate surface area is 115 Å². The molecule has 0 aromatic rings. The van der Waals surface area contributed by atoms with Crippen molar-refractivity contribution >= 4 is 0 Å². The van der Waals surface area contributed by atoms with Gasteiger partial charge in [0.25, 0.3) is 0 Å². The maximum Gasteiger partial charge on any atom is -0.0327 e. The highest BCUT2D eigenvalue weighted by Crippen LogP contribution is 2.51. The molecule has 0 aromatic heterocycles. The van der Waals surface area contributed by atoms with Gasteiger partial charge in [0.05, 0.1) is 0 Å². The van der Waals surface area contributed by atoms with Gasteiger partial charge in [-0.15, -0.1) is 0 Å². The van der Waals surface area contributed by atoms with Crippen molar-refractivity contribution in [3.8, 4) is 0 Å². The summed E-state index contributed by atoms with van der Waals surface area (Å²) in [5.74, 6) is 7.66. The zero-order valence-corrected chi connectivity index (χ0v) is 13.4. The van der Waals surface area contributed by atoms with Crippen molar-refractivity contribution in [1.29, 1.82) is 0 Å². The van der Waals surface area contributed by atoms with Crippen molar-refractivity contribution in [3.63, 3.8) is 0 Å². The van der Waals surface area contributed by atoms with Gasteiger partial charge in [0.2, 0.25) is 0 Å². The minimum Gasteiger partial charge on any atom is -0.0622 e. The van der Waals surface area contributed by atoms with E-state index in [1.807, 2.05) is 0 Å². The average molecular weight is 250 g/mol. The zero-order valence-electron chi connectivity index (χ0n) is 13.4. The van der Waals surface area contributed by atoms with E-state index >= 15 is 0 Å². The van der Waals surface area contributed by atoms with E-state index in [-0.39, 0.29) is 0 Å². The summed E-state index contributed by atoms with van der Waals surface area (Å²) in [6.07, 6.45) is 5.87. The highest BCUT2D eigenvalue weighted by atomic mass is 14.5. The molecule has 0 saturated heterocycles. The van der Waals surface area contributed by atoms with E-state index in [0.29, 0.717) is 0 Å². The number of hydrogen-bond acceptors (Lipinski definition) is 0. The molecule has 2 saturated carbocycles. The second-order valence-electron chi connectivity index (χ2n) is 7.94. The lowest BCUT2D eigenvalue weighted by Crippen LogP contribution is -2.44. The molecule has 0 radical (unpaired) electrons. The third-order valence-electron chi connectivity index (χ3n) is 6.92. The van der Waals surface area contributed by atoms with E-state index in [1.165, 1.54) is 25.7 Å². The van der Waals surface area contributed by atoms with Gasteiger partial charge in [-0.25, -0.2) is 0 Å². The van der Waals surface area contributed by atoms with Gasteiger partial charge in [-0.3, -0.25) is 0 Å². The Morgan fingerprint density at radius 3 is 1.06 bits per heavy atom. The monoisotopic (exact) mass is 250 g/mol. The lowest BCUT2D eigenvalue weighted by Gasteiger charge is -2.51. The van der Waals surface area contributed by atoms with E-state index in [9.17, 15) is 0 Å². The molecule has 0 aliphatic heterocycles. The third-order valence-corrected chi connectivity index (χ3v) is 6.92. The fourth-order valence-electron chi connectivity index (χ4n) is 5.22. The topological polar surface area (TPSA) is 0 Å². The molecule has 8 unspecified atom stereocenters. The van der Waals surface area contributed by atoms with Crippen LogP contribution in [0.4, 0.5) is 0 Å². The van der Waals surface area contributed by atoms with E-state index in [1.54, 1.807) is 0 Å². The molecule has 2 fully saturated rings. The molecule has 0 nitrogen and oxygen atoms in total. The smallest absolute Gasteiger partial charge is 0.0327 e. The molecule has 0 heteroatoms. The maximum absolute atomic E-state index is 2.55. The molecular formula is C18H34. The molecule has 2 aliphatic rings. The van der Waals surface area contributed by atoms with Gasteiger partial charge in [0.1, 0.15) is 0 Å². The maximum atomic E-state index is 2.55. The third kappa shape index (κ3) is 2.49. The fourth-order valence-corrected chi connectivity index (χ4v) is 5.22. The Hall–Kier alpha value is 0. The first-order valence-electron chi connectivity index (χ1n) is 8.43. The average Bonchev–Trinajstić information content (AvgIpc) is 2.33. The Morgan fingerprint density at radius 2 is 0.722 bits per heavy atom. The van der Waals surface area contributed by atoms with Crippen LogP contribution in [-0.2, 0) is 0 Å². The van der Waals surface area contributed by atoms with Crippen LogP contribution in [-0.4, -0.2) is 0 Å². The van der Waals surface area contributed by atoms with Crippen molar-refractivity contribution in [1.82, 2.24) is 0 Å². The Bertz CT molecular complexity index is 241. The quantitative estimate of drug-likeness (QED) is 0.566. The summed E-state index contributed by atoms with van der Waals surface area (Å²) in [5.41, 5.74) is 0. The first kappa shape index (κ1) is 14.4. The highest BCUT2D eigenvalue weighted by Gasteiger charge is 2.44. The second kappa shape index (κ2) is 5.55. The van der Waals surface area contributed by atoms with Gasteiger partial charge in [0, 0.05) is 0 Å². The van der Waals surface area contributed by atoms with Crippen LogP contribution in [0.2, 0.25) is 0 Å². The standard InChI is InChI=1S/C18H34/c1-11-7-9-13(3)17(15(11)5)18-14(4)10-8-12(2)16(18)6/h11-18H,7-10H2,1-6H3. The highest BCUT2D eigenvalue weighted by molar-refractivity contribution is 4.93. The molecular weight excluding hydrogens is 216 g/mol. The van der Waals surface area contributed by atoms with Crippen molar-refractivity contribution in [3.05, 3.63) is 0 Å². The van der Waals surface area contributed by atoms with Crippen LogP contribution in [0.3, 0.4) is 0 Å². The predicted molar refractivity (Wildman–Crippen MR) is 80.4 cm³/mol. The molecule has 0 bridgehead atoms. The molecule has 106 valence electrons. The Balaban J connectivity index is 2.20. The van der Waals surface area contributed by atoms with Crippen LogP contribution in [0.25, 0.3) is 0 Å². The van der Waals surface area contributed by atoms with Crippen LogP contribution < -0.4 is 0 Å². The molecule has 0 N–H and O–H groups in total. The summed E-state index contributed by atoms with van der Waals surface area (Å²) >= 11 is 0. The van der Waals surface area contributed by atoms with Crippen LogP contribution >= 0.6 is 0 Å². The van der Waals surface area contributed by atoms with E-state index in [2.05, 4.69) is 41.5 Å². The van der Waals surface area contributed by atoms with Crippen molar-refractivity contribution in [2.24, 2.45) is 47.3 Å². The Morgan fingerprint density at radius 1 is 0.444 bits per heavy atom. The van der Waals surface area contributed by atoms with Gasteiger partial charge >= 0.3 is 0 Å². The normalized spacial score (nSPS) is 54.3. The first-order chi connectivity index (χ1) is 8.43. The number of rotatable bonds is 1. The molecule has 0 aromatic carbocycles. The summed E-state index contributed by atoms with van der Waals surface area (Å²) in [5, 5.41) is 0. The molecule has 0 amide bonds. The SMILES string of the molecule is CC1CCC(C)C(C2C(C)CCC(C)C2C)C1C. The van der Waals surface area contributed by atoms with Gasteiger partial charge < -0.3 is 0 Å². The van der Waals surface area contributed by atoms with Crippen LogP contribution in [0.1, 0.15) is 67.2 Å². The lowest BCUT2D eigenvalue weighted by atomic mass is 9.55. The summed E-state index contributed by atoms with van der Waals surface area (Å²) in [6, 6.07) is 0. The van der Waals surface area contributed by atoms with Crippen LogP contribution in [0.5, 0.6) is 0 Å². The van der Waals surface area contributed by atoms with Gasteiger partial charge in [0.15, 0.2) is 0 Å². The Kier molecular flexibility index (Phi) is 4.44. The molecule has 2 rings (SSSR count). The van der Waals surface area contributed by atoms with Crippen molar-refractivity contribution < 1.29 is 0 Å². The minimum atomic E-state index is 0.939. The van der Waals surface area contributed by atoms with Gasteiger partial charge in [-0.2, -0.15) is 0 Å². The predicted octanol–water partition coefficient (Wildman–Crippen LogP) is 5.62.